The van der Waals surface area contributed by atoms with E-state index in [1.54, 1.807) is 24.3 Å². The highest BCUT2D eigenvalue weighted by Crippen LogP contribution is 2.36. The van der Waals surface area contributed by atoms with Gasteiger partial charge < -0.3 is 4.74 Å². The van der Waals surface area contributed by atoms with Crippen LogP contribution >= 0.6 is 0 Å². The van der Waals surface area contributed by atoms with Gasteiger partial charge in [-0.3, -0.25) is 9.12 Å². The second-order valence-electron chi connectivity index (χ2n) is 6.39. The van der Waals surface area contributed by atoms with Crippen LogP contribution in [0.4, 0.5) is 5.69 Å². The molecule has 1 N–H and O–H groups in total. The highest BCUT2D eigenvalue weighted by molar-refractivity contribution is 7.92. The summed E-state index contributed by atoms with van der Waals surface area (Å²) in [6.45, 7) is 0. The smallest absolute Gasteiger partial charge is 0.339 e. The Hall–Kier alpha value is -2.94. The zero-order chi connectivity index (χ0) is 19.0. The predicted octanol–water partition coefficient (Wildman–Crippen LogP) is 2.58. The van der Waals surface area contributed by atoms with Crippen LogP contribution in [0.15, 0.2) is 47.5 Å². The first-order chi connectivity index (χ1) is 13.0. The number of hydrogen-bond donors (Lipinski definition) is 1. The maximum atomic E-state index is 12.9. The molecule has 1 aromatic carbocycles. The van der Waals surface area contributed by atoms with E-state index in [-0.39, 0.29) is 10.5 Å². The highest BCUT2D eigenvalue weighted by atomic mass is 32.2. The number of nitrogens with zero attached hydrogens (tertiary/aromatic N) is 3. The molecule has 0 radical (unpaired) electrons. The molecular formula is C18H18N4O4S. The number of anilines is 1. The van der Waals surface area contributed by atoms with Gasteiger partial charge in [0, 0.05) is 12.1 Å². The van der Waals surface area contributed by atoms with E-state index in [9.17, 15) is 13.2 Å². The van der Waals surface area contributed by atoms with Crippen LogP contribution in [0.2, 0.25) is 0 Å². The molecule has 27 heavy (non-hydrogen) atoms. The van der Waals surface area contributed by atoms with Crippen LogP contribution in [-0.4, -0.2) is 36.1 Å². The number of nitrogens with one attached hydrogen (secondary N) is 1. The van der Waals surface area contributed by atoms with Crippen LogP contribution in [0, 0.1) is 0 Å². The minimum atomic E-state index is -4.03. The second kappa shape index (κ2) is 6.66. The van der Waals surface area contributed by atoms with Crippen LogP contribution in [0.25, 0.3) is 5.65 Å². The number of aromatic nitrogens is 3. The Bertz CT molecular complexity index is 1120. The summed E-state index contributed by atoms with van der Waals surface area (Å²) in [6.07, 6.45) is 5.10. The Balaban J connectivity index is 1.74. The zero-order valence-corrected chi connectivity index (χ0v) is 15.4. The fourth-order valence-electron chi connectivity index (χ4n) is 3.14. The summed E-state index contributed by atoms with van der Waals surface area (Å²) in [5.41, 5.74) is 0.699. The Kier molecular flexibility index (Phi) is 4.31. The lowest BCUT2D eigenvalue weighted by Crippen LogP contribution is -2.18. The number of carbonyl (C=O) groups is 1. The zero-order valence-electron chi connectivity index (χ0n) is 14.6. The highest BCUT2D eigenvalue weighted by Gasteiger charge is 2.27. The van der Waals surface area contributed by atoms with E-state index in [0.29, 0.717) is 17.3 Å². The summed E-state index contributed by atoms with van der Waals surface area (Å²) >= 11 is 0. The number of hydrogen-bond acceptors (Lipinski definition) is 6. The van der Waals surface area contributed by atoms with Crippen molar-refractivity contribution in [2.45, 2.75) is 30.1 Å². The van der Waals surface area contributed by atoms with E-state index in [0.717, 1.165) is 25.1 Å². The van der Waals surface area contributed by atoms with Gasteiger partial charge in [-0.05, 0) is 37.1 Å². The average Bonchev–Trinajstić information content (AvgIpc) is 3.04. The molecule has 1 saturated carbocycles. The molecule has 8 nitrogen and oxygen atoms in total. The van der Waals surface area contributed by atoms with Crippen molar-refractivity contribution in [3.05, 3.63) is 54.0 Å². The molecular weight excluding hydrogens is 368 g/mol. The molecule has 1 fully saturated rings. The number of esters is 1. The molecule has 3 aromatic rings. The lowest BCUT2D eigenvalue weighted by atomic mass is 9.85. The summed E-state index contributed by atoms with van der Waals surface area (Å²) in [4.78, 5) is 11.8. The summed E-state index contributed by atoms with van der Waals surface area (Å²) in [5.74, 6) is 0.475. The van der Waals surface area contributed by atoms with E-state index < -0.39 is 16.0 Å². The number of rotatable bonds is 5. The molecule has 0 atom stereocenters. The van der Waals surface area contributed by atoms with Gasteiger partial charge in [0.2, 0.25) is 0 Å². The first kappa shape index (κ1) is 17.5. The topological polar surface area (TPSA) is 103 Å². The van der Waals surface area contributed by atoms with Crippen LogP contribution in [0.3, 0.4) is 0 Å². The molecule has 2 aromatic heterocycles. The van der Waals surface area contributed by atoms with Gasteiger partial charge in [0.1, 0.15) is 10.7 Å². The van der Waals surface area contributed by atoms with Gasteiger partial charge >= 0.3 is 5.97 Å². The predicted molar refractivity (Wildman–Crippen MR) is 98.2 cm³/mol. The quantitative estimate of drug-likeness (QED) is 0.676. The molecule has 140 valence electrons. The fourth-order valence-corrected chi connectivity index (χ4v) is 4.40. The van der Waals surface area contributed by atoms with Gasteiger partial charge in [-0.15, -0.1) is 10.2 Å². The Morgan fingerprint density at radius 2 is 1.96 bits per heavy atom. The van der Waals surface area contributed by atoms with Gasteiger partial charge in [-0.2, -0.15) is 0 Å². The van der Waals surface area contributed by atoms with Crippen LogP contribution in [-0.2, 0) is 14.8 Å². The van der Waals surface area contributed by atoms with Crippen molar-refractivity contribution in [2.75, 3.05) is 11.8 Å². The third kappa shape index (κ3) is 3.03. The summed E-state index contributed by atoms with van der Waals surface area (Å²) in [6, 6.07) is 9.25. The number of methoxy groups -OCH3 is 1. The Labute approximate surface area is 156 Å². The van der Waals surface area contributed by atoms with Crippen molar-refractivity contribution < 1.29 is 17.9 Å². The number of fused-ring (bicyclic) bond motifs is 1. The normalized spacial score (nSPS) is 14.7. The van der Waals surface area contributed by atoms with Crippen molar-refractivity contribution in [1.82, 2.24) is 14.6 Å². The van der Waals surface area contributed by atoms with Crippen molar-refractivity contribution in [2.24, 2.45) is 0 Å². The van der Waals surface area contributed by atoms with Gasteiger partial charge in [0.25, 0.3) is 10.0 Å². The molecule has 0 amide bonds. The van der Waals surface area contributed by atoms with Crippen LogP contribution in [0.5, 0.6) is 0 Å². The molecule has 0 spiro atoms. The molecule has 2 heterocycles. The van der Waals surface area contributed by atoms with Crippen molar-refractivity contribution >= 4 is 27.3 Å². The molecule has 1 aliphatic rings. The molecule has 0 bridgehead atoms. The Morgan fingerprint density at radius 1 is 1.19 bits per heavy atom. The number of sulfonamides is 1. The van der Waals surface area contributed by atoms with E-state index in [2.05, 4.69) is 19.7 Å². The summed E-state index contributed by atoms with van der Waals surface area (Å²) in [7, 11) is -2.82. The molecule has 0 saturated heterocycles. The summed E-state index contributed by atoms with van der Waals surface area (Å²) in [5, 5.41) is 8.41. The van der Waals surface area contributed by atoms with E-state index >= 15 is 0 Å². The van der Waals surface area contributed by atoms with E-state index in [1.807, 2.05) is 10.6 Å². The maximum absolute atomic E-state index is 12.9. The largest absolute Gasteiger partial charge is 0.465 e. The van der Waals surface area contributed by atoms with Crippen LogP contribution < -0.4 is 4.72 Å². The lowest BCUT2D eigenvalue weighted by molar-refractivity contribution is 0.0596. The monoisotopic (exact) mass is 386 g/mol. The number of ether oxygens (including phenoxy) is 1. The van der Waals surface area contributed by atoms with Gasteiger partial charge in [0.15, 0.2) is 5.65 Å². The Morgan fingerprint density at radius 3 is 2.67 bits per heavy atom. The lowest BCUT2D eigenvalue weighted by Gasteiger charge is -2.23. The fraction of sp³-hybridized carbons (Fsp3) is 0.278. The second-order valence-corrected chi connectivity index (χ2v) is 8.05. The minimum absolute atomic E-state index is 0.0314. The van der Waals surface area contributed by atoms with Crippen LogP contribution in [0.1, 0.15) is 41.4 Å². The molecule has 9 heteroatoms. The summed E-state index contributed by atoms with van der Waals surface area (Å²) < 4.78 is 34.9. The van der Waals surface area contributed by atoms with Crippen molar-refractivity contribution in [3.63, 3.8) is 0 Å². The maximum Gasteiger partial charge on any atom is 0.339 e. The number of carbonyl (C=O) groups excluding carboxylic acids is 1. The third-order valence-corrected chi connectivity index (χ3v) is 6.18. The SMILES string of the molecule is COC(=O)c1ccccc1S(=O)(=O)Nc1cccn2c(C3CCC3)nnc12. The minimum Gasteiger partial charge on any atom is -0.465 e. The molecule has 1 aliphatic carbocycles. The van der Waals surface area contributed by atoms with Crippen molar-refractivity contribution in [1.29, 1.82) is 0 Å². The first-order valence-electron chi connectivity index (χ1n) is 8.55. The van der Waals surface area contributed by atoms with Gasteiger partial charge in [0.05, 0.1) is 18.4 Å². The number of pyridine rings is 1. The van der Waals surface area contributed by atoms with E-state index in [1.165, 1.54) is 19.2 Å². The standard InChI is InChI=1S/C18H18N4O4S/c1-26-18(23)13-8-2-3-10-15(13)27(24,25)21-14-9-5-11-22-16(12-6-4-7-12)19-20-17(14)22/h2-3,5,8-12,21H,4,6-7H2,1H3. The molecule has 0 aliphatic heterocycles. The molecule has 4 rings (SSSR count). The van der Waals surface area contributed by atoms with E-state index in [4.69, 9.17) is 0 Å². The van der Waals surface area contributed by atoms with Crippen molar-refractivity contribution in [3.8, 4) is 0 Å². The number of benzene rings is 1. The van der Waals surface area contributed by atoms with Gasteiger partial charge in [-0.25, -0.2) is 13.2 Å². The third-order valence-electron chi connectivity index (χ3n) is 4.76. The van der Waals surface area contributed by atoms with Gasteiger partial charge in [-0.1, -0.05) is 18.6 Å². The first-order valence-corrected chi connectivity index (χ1v) is 10.0. The average molecular weight is 386 g/mol. The molecule has 0 unspecified atom stereocenters.